The standard InChI is InChI=1S/C15H21F3O4/c1-2-7-19-13-8-20-14(21-9-13)11-3-5-12(6-4-11)22-10-15(16,17)18/h3-5,12-14H,2,6-10H2,1H3. The highest BCUT2D eigenvalue weighted by Gasteiger charge is 2.30. The quantitative estimate of drug-likeness (QED) is 0.753. The molecule has 0 N–H and O–H groups in total. The van der Waals surface area contributed by atoms with Gasteiger partial charge >= 0.3 is 6.18 Å². The van der Waals surface area contributed by atoms with Gasteiger partial charge in [0.05, 0.1) is 19.3 Å². The number of hydrogen-bond donors (Lipinski definition) is 0. The first-order valence-corrected chi connectivity index (χ1v) is 7.39. The molecule has 0 aromatic carbocycles. The maximum atomic E-state index is 12.1. The largest absolute Gasteiger partial charge is 0.411 e. The van der Waals surface area contributed by atoms with Crippen LogP contribution in [0.3, 0.4) is 0 Å². The summed E-state index contributed by atoms with van der Waals surface area (Å²) >= 11 is 0. The molecule has 2 aliphatic rings. The third-order valence-electron chi connectivity index (χ3n) is 3.25. The molecular formula is C15H21F3O4. The molecule has 22 heavy (non-hydrogen) atoms. The van der Waals surface area contributed by atoms with Crippen molar-refractivity contribution in [2.24, 2.45) is 0 Å². The third-order valence-corrected chi connectivity index (χ3v) is 3.25. The molecule has 0 radical (unpaired) electrons. The van der Waals surface area contributed by atoms with E-state index in [1.165, 1.54) is 0 Å². The van der Waals surface area contributed by atoms with Gasteiger partial charge in [-0.2, -0.15) is 13.2 Å². The molecule has 126 valence electrons. The van der Waals surface area contributed by atoms with Gasteiger partial charge in [-0.05, 0) is 12.8 Å². The molecule has 1 atom stereocenters. The summed E-state index contributed by atoms with van der Waals surface area (Å²) in [7, 11) is 0. The van der Waals surface area contributed by atoms with Crippen LogP contribution in [0.4, 0.5) is 13.2 Å². The van der Waals surface area contributed by atoms with Gasteiger partial charge in [0.25, 0.3) is 0 Å². The Hall–Kier alpha value is -0.890. The SMILES string of the molecule is CCCOC1COC(C2=CCC(OCC(F)(F)F)C=C2)OC1. The number of hydrogen-bond acceptors (Lipinski definition) is 4. The molecule has 0 aromatic rings. The second-order valence-electron chi connectivity index (χ2n) is 5.25. The van der Waals surface area contributed by atoms with Gasteiger partial charge in [0, 0.05) is 12.2 Å². The fourth-order valence-electron chi connectivity index (χ4n) is 2.18. The zero-order valence-corrected chi connectivity index (χ0v) is 12.5. The lowest BCUT2D eigenvalue weighted by atomic mass is 10.0. The molecule has 2 rings (SSSR count). The summed E-state index contributed by atoms with van der Waals surface area (Å²) in [4.78, 5) is 0. The van der Waals surface area contributed by atoms with Crippen molar-refractivity contribution < 1.29 is 32.1 Å². The lowest BCUT2D eigenvalue weighted by Crippen LogP contribution is -2.38. The summed E-state index contributed by atoms with van der Waals surface area (Å²) < 4.78 is 57.8. The van der Waals surface area contributed by atoms with Gasteiger partial charge in [-0.1, -0.05) is 25.2 Å². The summed E-state index contributed by atoms with van der Waals surface area (Å²) in [6, 6.07) is 0. The van der Waals surface area contributed by atoms with Crippen molar-refractivity contribution >= 4 is 0 Å². The molecular weight excluding hydrogens is 301 g/mol. The van der Waals surface area contributed by atoms with Crippen molar-refractivity contribution in [2.75, 3.05) is 26.4 Å². The molecule has 1 aliphatic heterocycles. The Labute approximate surface area is 127 Å². The maximum Gasteiger partial charge on any atom is 0.411 e. The first-order valence-electron chi connectivity index (χ1n) is 7.39. The minimum absolute atomic E-state index is 0.0627. The molecule has 1 saturated heterocycles. The highest BCUT2D eigenvalue weighted by Crippen LogP contribution is 2.23. The van der Waals surface area contributed by atoms with Crippen molar-refractivity contribution in [1.82, 2.24) is 0 Å². The number of halogens is 3. The highest BCUT2D eigenvalue weighted by atomic mass is 19.4. The Bertz CT molecular complexity index is 398. The molecule has 7 heteroatoms. The molecule has 0 saturated carbocycles. The molecule has 4 nitrogen and oxygen atoms in total. The molecule has 0 bridgehead atoms. The first-order chi connectivity index (χ1) is 10.5. The van der Waals surface area contributed by atoms with Crippen LogP contribution in [0.1, 0.15) is 19.8 Å². The Kier molecular flexibility index (Phi) is 6.43. The monoisotopic (exact) mass is 322 g/mol. The van der Waals surface area contributed by atoms with E-state index in [2.05, 4.69) is 0 Å². The molecule has 0 amide bonds. The van der Waals surface area contributed by atoms with Crippen LogP contribution < -0.4 is 0 Å². The molecule has 0 aromatic heterocycles. The summed E-state index contributed by atoms with van der Waals surface area (Å²) in [6.07, 6.45) is 0.993. The van der Waals surface area contributed by atoms with Crippen LogP contribution in [0.15, 0.2) is 23.8 Å². The predicted octanol–water partition coefficient (Wildman–Crippen LogP) is 2.99. The van der Waals surface area contributed by atoms with Gasteiger partial charge in [-0.25, -0.2) is 0 Å². The van der Waals surface area contributed by atoms with Crippen LogP contribution >= 0.6 is 0 Å². The topological polar surface area (TPSA) is 36.9 Å². The van der Waals surface area contributed by atoms with E-state index in [1.807, 2.05) is 6.92 Å². The van der Waals surface area contributed by atoms with E-state index in [0.29, 0.717) is 26.2 Å². The Morgan fingerprint density at radius 3 is 2.50 bits per heavy atom. The van der Waals surface area contributed by atoms with E-state index >= 15 is 0 Å². The average Bonchev–Trinajstić information content (AvgIpc) is 2.51. The van der Waals surface area contributed by atoms with E-state index < -0.39 is 25.2 Å². The van der Waals surface area contributed by atoms with Crippen molar-refractivity contribution in [1.29, 1.82) is 0 Å². The summed E-state index contributed by atoms with van der Waals surface area (Å²) in [5.74, 6) is 0. The third kappa shape index (κ3) is 5.72. The summed E-state index contributed by atoms with van der Waals surface area (Å²) in [5, 5.41) is 0. The smallest absolute Gasteiger partial charge is 0.373 e. The fraction of sp³-hybridized carbons (Fsp3) is 0.733. The van der Waals surface area contributed by atoms with Gasteiger partial charge in [0.1, 0.15) is 12.7 Å². The lowest BCUT2D eigenvalue weighted by Gasteiger charge is -2.31. The molecule has 1 aliphatic carbocycles. The van der Waals surface area contributed by atoms with Gasteiger partial charge in [-0.15, -0.1) is 0 Å². The first kappa shape index (κ1) is 17.5. The van der Waals surface area contributed by atoms with E-state index in [0.717, 1.165) is 12.0 Å². The lowest BCUT2D eigenvalue weighted by molar-refractivity contribution is -0.208. The highest BCUT2D eigenvalue weighted by molar-refractivity contribution is 5.27. The minimum Gasteiger partial charge on any atom is -0.373 e. The van der Waals surface area contributed by atoms with Crippen LogP contribution in [0.5, 0.6) is 0 Å². The molecule has 1 fully saturated rings. The molecule has 1 heterocycles. The van der Waals surface area contributed by atoms with Gasteiger partial charge in [-0.3, -0.25) is 0 Å². The van der Waals surface area contributed by atoms with Crippen molar-refractivity contribution in [3.05, 3.63) is 23.8 Å². The Morgan fingerprint density at radius 1 is 1.23 bits per heavy atom. The normalized spacial score (nSPS) is 29.5. The molecule has 0 spiro atoms. The van der Waals surface area contributed by atoms with Gasteiger partial charge in [0.2, 0.25) is 0 Å². The van der Waals surface area contributed by atoms with E-state index in [9.17, 15) is 13.2 Å². The van der Waals surface area contributed by atoms with Crippen LogP contribution in [0.25, 0.3) is 0 Å². The number of alkyl halides is 3. The van der Waals surface area contributed by atoms with Crippen LogP contribution in [-0.4, -0.2) is 51.1 Å². The van der Waals surface area contributed by atoms with E-state index in [4.69, 9.17) is 18.9 Å². The van der Waals surface area contributed by atoms with Gasteiger partial charge < -0.3 is 18.9 Å². The Morgan fingerprint density at radius 2 is 1.95 bits per heavy atom. The maximum absolute atomic E-state index is 12.1. The number of ether oxygens (including phenoxy) is 4. The fourth-order valence-corrected chi connectivity index (χ4v) is 2.18. The zero-order valence-electron chi connectivity index (χ0n) is 12.5. The van der Waals surface area contributed by atoms with E-state index in [-0.39, 0.29) is 6.10 Å². The number of rotatable bonds is 6. The average molecular weight is 322 g/mol. The second kappa shape index (κ2) is 8.10. The Balaban J connectivity index is 1.72. The van der Waals surface area contributed by atoms with Crippen LogP contribution in [0, 0.1) is 0 Å². The predicted molar refractivity (Wildman–Crippen MR) is 73.4 cm³/mol. The zero-order chi connectivity index (χ0) is 16.0. The van der Waals surface area contributed by atoms with E-state index in [1.54, 1.807) is 18.2 Å². The summed E-state index contributed by atoms with van der Waals surface area (Å²) in [6.45, 7) is 2.36. The second-order valence-corrected chi connectivity index (χ2v) is 5.25. The molecule has 1 unspecified atom stereocenters. The summed E-state index contributed by atoms with van der Waals surface area (Å²) in [5.41, 5.74) is 0.806. The van der Waals surface area contributed by atoms with Gasteiger partial charge in [0.15, 0.2) is 6.29 Å². The van der Waals surface area contributed by atoms with Crippen molar-refractivity contribution in [3.8, 4) is 0 Å². The van der Waals surface area contributed by atoms with Crippen LogP contribution in [0.2, 0.25) is 0 Å². The van der Waals surface area contributed by atoms with Crippen LogP contribution in [-0.2, 0) is 18.9 Å². The van der Waals surface area contributed by atoms with Crippen molar-refractivity contribution in [3.63, 3.8) is 0 Å². The van der Waals surface area contributed by atoms with Crippen molar-refractivity contribution in [2.45, 2.75) is 44.4 Å². The minimum atomic E-state index is -4.30.